The summed E-state index contributed by atoms with van der Waals surface area (Å²) in [7, 11) is 0. The minimum absolute atomic E-state index is 0.308. The molecule has 2 atom stereocenters. The third-order valence-electron chi connectivity index (χ3n) is 5.67. The van der Waals surface area contributed by atoms with Gasteiger partial charge in [-0.2, -0.15) is 0 Å². The van der Waals surface area contributed by atoms with Crippen LogP contribution in [0.5, 0.6) is 0 Å². The van der Waals surface area contributed by atoms with Crippen LogP contribution < -0.4 is 0 Å². The zero-order chi connectivity index (χ0) is 15.4. The first kappa shape index (κ1) is 15.6. The van der Waals surface area contributed by atoms with Crippen LogP contribution in [0.4, 0.5) is 0 Å². The summed E-state index contributed by atoms with van der Waals surface area (Å²) >= 11 is 0. The van der Waals surface area contributed by atoms with Gasteiger partial charge in [-0.05, 0) is 37.7 Å². The summed E-state index contributed by atoms with van der Waals surface area (Å²) in [6, 6.07) is 11.2. The number of benzene rings is 1. The molecular weight excluding hydrogens is 270 g/mol. The fourth-order valence-electron chi connectivity index (χ4n) is 4.50. The number of rotatable bonds is 4. The molecule has 0 unspecified atom stereocenters. The Bertz CT molecular complexity index is 478. The Morgan fingerprint density at radius 3 is 2.50 bits per heavy atom. The Balaban J connectivity index is 1.75. The van der Waals surface area contributed by atoms with Crippen molar-refractivity contribution in [1.29, 1.82) is 0 Å². The summed E-state index contributed by atoms with van der Waals surface area (Å²) in [6.45, 7) is 3.24. The molecule has 1 saturated heterocycles. The molecule has 2 aliphatic rings. The number of carbonyl (C=O) groups is 1. The van der Waals surface area contributed by atoms with Gasteiger partial charge in [-0.1, -0.05) is 56.5 Å². The van der Waals surface area contributed by atoms with Crippen molar-refractivity contribution in [1.82, 2.24) is 4.90 Å². The van der Waals surface area contributed by atoms with Crippen molar-refractivity contribution >= 4 is 5.91 Å². The quantitative estimate of drug-likeness (QED) is 0.785. The molecule has 3 rings (SSSR count). The molecule has 1 aliphatic carbocycles. The van der Waals surface area contributed by atoms with Gasteiger partial charge in [-0.15, -0.1) is 0 Å². The number of hydrogen-bond acceptors (Lipinski definition) is 1. The van der Waals surface area contributed by atoms with Gasteiger partial charge >= 0.3 is 0 Å². The summed E-state index contributed by atoms with van der Waals surface area (Å²) in [5.74, 6) is 1.26. The van der Waals surface area contributed by atoms with Crippen LogP contribution in [0, 0.1) is 5.92 Å². The normalized spacial score (nSPS) is 24.4. The average molecular weight is 299 g/mol. The highest BCUT2D eigenvalue weighted by Crippen LogP contribution is 2.36. The first-order chi connectivity index (χ1) is 10.8. The molecule has 120 valence electrons. The van der Waals surface area contributed by atoms with Gasteiger partial charge in [-0.25, -0.2) is 0 Å². The van der Waals surface area contributed by atoms with Gasteiger partial charge in [0.25, 0.3) is 0 Å². The highest BCUT2D eigenvalue weighted by atomic mass is 16.2. The Kier molecular flexibility index (Phi) is 5.17. The molecular formula is C20H29NO. The molecule has 2 fully saturated rings. The van der Waals surface area contributed by atoms with Gasteiger partial charge in [0.15, 0.2) is 0 Å². The zero-order valence-electron chi connectivity index (χ0n) is 13.8. The lowest BCUT2D eigenvalue weighted by Crippen LogP contribution is -2.42. The van der Waals surface area contributed by atoms with Gasteiger partial charge < -0.3 is 4.90 Å². The summed E-state index contributed by atoms with van der Waals surface area (Å²) in [5.41, 5.74) is 1.40. The number of likely N-dealkylation sites (tertiary alicyclic amines) is 1. The zero-order valence-corrected chi connectivity index (χ0v) is 13.8. The second-order valence-corrected chi connectivity index (χ2v) is 7.00. The highest BCUT2D eigenvalue weighted by molar-refractivity contribution is 5.79. The topological polar surface area (TPSA) is 20.3 Å². The predicted octanol–water partition coefficient (Wildman–Crippen LogP) is 4.75. The number of carbonyl (C=O) groups excluding carboxylic acids is 1. The van der Waals surface area contributed by atoms with E-state index in [9.17, 15) is 4.79 Å². The standard InChI is InChI=1S/C20H29NO/c1-2-18(16-10-5-3-6-11-16)19-14-9-15-21(19)20(22)17-12-7-4-8-13-17/h3,5-6,10-11,17-19H,2,4,7-9,12-15H2,1H3/t18-,19-/m1/s1. The van der Waals surface area contributed by atoms with Gasteiger partial charge in [0.05, 0.1) is 0 Å². The third-order valence-corrected chi connectivity index (χ3v) is 5.67. The van der Waals surface area contributed by atoms with Crippen molar-refractivity contribution in [3.8, 4) is 0 Å². The first-order valence-corrected chi connectivity index (χ1v) is 9.16. The maximum atomic E-state index is 13.0. The molecule has 1 heterocycles. The van der Waals surface area contributed by atoms with Gasteiger partial charge in [0.2, 0.25) is 5.91 Å². The van der Waals surface area contributed by atoms with Gasteiger partial charge in [0, 0.05) is 24.4 Å². The molecule has 0 bridgehead atoms. The van der Waals surface area contributed by atoms with Crippen LogP contribution in [0.3, 0.4) is 0 Å². The van der Waals surface area contributed by atoms with Crippen molar-refractivity contribution in [2.75, 3.05) is 6.54 Å². The third kappa shape index (κ3) is 3.21. The number of nitrogens with zero attached hydrogens (tertiary/aromatic N) is 1. The molecule has 22 heavy (non-hydrogen) atoms. The molecule has 1 aromatic rings. The van der Waals surface area contributed by atoms with Crippen LogP contribution in [0.2, 0.25) is 0 Å². The van der Waals surface area contributed by atoms with E-state index in [2.05, 4.69) is 42.2 Å². The van der Waals surface area contributed by atoms with Crippen LogP contribution in [-0.2, 0) is 4.79 Å². The largest absolute Gasteiger partial charge is 0.339 e. The lowest BCUT2D eigenvalue weighted by molar-refractivity contribution is -0.137. The second kappa shape index (κ2) is 7.30. The summed E-state index contributed by atoms with van der Waals surface area (Å²) in [4.78, 5) is 15.2. The van der Waals surface area contributed by atoms with E-state index in [4.69, 9.17) is 0 Å². The van der Waals surface area contributed by atoms with Crippen molar-refractivity contribution in [3.63, 3.8) is 0 Å². The van der Waals surface area contributed by atoms with E-state index in [0.717, 1.165) is 25.8 Å². The molecule has 1 aromatic carbocycles. The lowest BCUT2D eigenvalue weighted by Gasteiger charge is -2.35. The maximum Gasteiger partial charge on any atom is 0.225 e. The Morgan fingerprint density at radius 1 is 1.09 bits per heavy atom. The Hall–Kier alpha value is -1.31. The maximum absolute atomic E-state index is 13.0. The Labute approximate surface area is 134 Å². The molecule has 1 aliphatic heterocycles. The van der Waals surface area contributed by atoms with Crippen LogP contribution >= 0.6 is 0 Å². The van der Waals surface area contributed by atoms with Crippen molar-refractivity contribution in [3.05, 3.63) is 35.9 Å². The van der Waals surface area contributed by atoms with Crippen LogP contribution in [0.1, 0.15) is 69.8 Å². The van der Waals surface area contributed by atoms with E-state index in [1.54, 1.807) is 0 Å². The molecule has 2 nitrogen and oxygen atoms in total. The van der Waals surface area contributed by atoms with E-state index in [1.165, 1.54) is 37.7 Å². The van der Waals surface area contributed by atoms with Crippen LogP contribution in [0.15, 0.2) is 30.3 Å². The molecule has 0 radical (unpaired) electrons. The van der Waals surface area contributed by atoms with E-state index in [0.29, 0.717) is 23.8 Å². The molecule has 1 amide bonds. The van der Waals surface area contributed by atoms with Gasteiger partial charge in [0.1, 0.15) is 0 Å². The smallest absolute Gasteiger partial charge is 0.225 e. The van der Waals surface area contributed by atoms with Crippen LogP contribution in [-0.4, -0.2) is 23.4 Å². The van der Waals surface area contributed by atoms with E-state index in [-0.39, 0.29) is 0 Å². The average Bonchev–Trinajstić information content (AvgIpc) is 3.06. The lowest BCUT2D eigenvalue weighted by atomic mass is 9.85. The fourth-order valence-corrected chi connectivity index (χ4v) is 4.50. The minimum atomic E-state index is 0.308. The fraction of sp³-hybridized carbons (Fsp3) is 0.650. The Morgan fingerprint density at radius 2 is 1.82 bits per heavy atom. The van der Waals surface area contributed by atoms with Crippen molar-refractivity contribution in [2.45, 2.75) is 70.3 Å². The second-order valence-electron chi connectivity index (χ2n) is 7.00. The minimum Gasteiger partial charge on any atom is -0.339 e. The SMILES string of the molecule is CC[C@H](c1ccccc1)[C@H]1CCCN1C(=O)C1CCCCC1. The van der Waals surface area contributed by atoms with E-state index < -0.39 is 0 Å². The van der Waals surface area contributed by atoms with Crippen LogP contribution in [0.25, 0.3) is 0 Å². The number of hydrogen-bond donors (Lipinski definition) is 0. The molecule has 0 spiro atoms. The summed E-state index contributed by atoms with van der Waals surface area (Å²) in [6.07, 6.45) is 9.49. The van der Waals surface area contributed by atoms with E-state index >= 15 is 0 Å². The molecule has 0 aromatic heterocycles. The summed E-state index contributed by atoms with van der Waals surface area (Å²) < 4.78 is 0. The predicted molar refractivity (Wildman–Crippen MR) is 90.8 cm³/mol. The first-order valence-electron chi connectivity index (χ1n) is 9.16. The molecule has 0 N–H and O–H groups in total. The molecule has 1 saturated carbocycles. The number of amides is 1. The van der Waals surface area contributed by atoms with E-state index in [1.807, 2.05) is 0 Å². The van der Waals surface area contributed by atoms with Gasteiger partial charge in [-0.3, -0.25) is 4.79 Å². The summed E-state index contributed by atoms with van der Waals surface area (Å²) in [5, 5.41) is 0. The monoisotopic (exact) mass is 299 g/mol. The van der Waals surface area contributed by atoms with Crippen molar-refractivity contribution < 1.29 is 4.79 Å². The highest BCUT2D eigenvalue weighted by Gasteiger charge is 2.37. The molecule has 2 heteroatoms. The van der Waals surface area contributed by atoms with Crippen molar-refractivity contribution in [2.24, 2.45) is 5.92 Å².